The molecule has 5 nitrogen and oxygen atoms in total. The fraction of sp³-hybridized carbons (Fsp3) is 0.267. The number of hydrogen-bond acceptors (Lipinski definition) is 4. The third-order valence-corrected chi connectivity index (χ3v) is 3.44. The van der Waals surface area contributed by atoms with Gasteiger partial charge in [0.15, 0.2) is 0 Å². The summed E-state index contributed by atoms with van der Waals surface area (Å²) in [6, 6.07) is 8.25. The Morgan fingerprint density at radius 3 is 2.90 bits per heavy atom. The quantitative estimate of drug-likeness (QED) is 0.788. The van der Waals surface area contributed by atoms with E-state index in [0.29, 0.717) is 0 Å². The van der Waals surface area contributed by atoms with Crippen LogP contribution < -0.4 is 5.32 Å². The number of nitrogens with zero attached hydrogens (tertiary/aromatic N) is 4. The third-order valence-electron chi connectivity index (χ3n) is 3.44. The highest BCUT2D eigenvalue weighted by molar-refractivity contribution is 5.92. The smallest absolute Gasteiger partial charge is 0.138 e. The van der Waals surface area contributed by atoms with E-state index in [4.69, 9.17) is 0 Å². The third kappa shape index (κ3) is 2.34. The molecule has 5 heteroatoms. The molecule has 0 saturated heterocycles. The van der Waals surface area contributed by atoms with Crippen LogP contribution in [-0.2, 0) is 13.5 Å². The van der Waals surface area contributed by atoms with Crippen LogP contribution in [0.15, 0.2) is 36.8 Å². The zero-order valence-electron chi connectivity index (χ0n) is 11.7. The van der Waals surface area contributed by atoms with Crippen molar-refractivity contribution < 1.29 is 0 Å². The number of hydrogen-bond donors (Lipinski definition) is 1. The zero-order chi connectivity index (χ0) is 13.9. The molecule has 0 aliphatic carbocycles. The summed E-state index contributed by atoms with van der Waals surface area (Å²) in [5.41, 5.74) is 3.36. The van der Waals surface area contributed by atoms with E-state index in [0.717, 1.165) is 35.4 Å². The normalized spacial score (nSPS) is 10.9. The van der Waals surface area contributed by atoms with Crippen LogP contribution in [0.3, 0.4) is 0 Å². The summed E-state index contributed by atoms with van der Waals surface area (Å²) in [7, 11) is 1.91. The molecular weight excluding hydrogens is 250 g/mol. The van der Waals surface area contributed by atoms with Gasteiger partial charge < -0.3 is 5.32 Å². The fourth-order valence-electron chi connectivity index (χ4n) is 2.33. The van der Waals surface area contributed by atoms with E-state index < -0.39 is 0 Å². The standard InChI is InChI=1S/C15H17N5/c1-11-4-3-5-12-13(6-8-17-15(11)12)16-9-7-14-18-10-19-20(14)2/h3-6,8,10H,7,9H2,1-2H3,(H,16,17). The SMILES string of the molecule is Cc1cccc2c(NCCc3ncnn3C)ccnc12. The van der Waals surface area contributed by atoms with Gasteiger partial charge in [0.25, 0.3) is 0 Å². The first kappa shape index (κ1) is 12.6. The molecule has 3 rings (SSSR count). The lowest BCUT2D eigenvalue weighted by Gasteiger charge is -2.10. The van der Waals surface area contributed by atoms with Crippen molar-refractivity contribution >= 4 is 16.6 Å². The summed E-state index contributed by atoms with van der Waals surface area (Å²) in [5.74, 6) is 0.979. The Morgan fingerprint density at radius 2 is 2.10 bits per heavy atom. The van der Waals surface area contributed by atoms with Gasteiger partial charge in [0.05, 0.1) is 5.52 Å². The van der Waals surface area contributed by atoms with Crippen LogP contribution in [0.25, 0.3) is 10.9 Å². The molecule has 0 saturated carbocycles. The van der Waals surface area contributed by atoms with Crippen LogP contribution in [0.2, 0.25) is 0 Å². The van der Waals surface area contributed by atoms with Gasteiger partial charge in [-0.2, -0.15) is 5.10 Å². The molecule has 3 aromatic rings. The molecule has 1 aromatic carbocycles. The Balaban J connectivity index is 1.78. The molecule has 102 valence electrons. The molecule has 0 fully saturated rings. The number of fused-ring (bicyclic) bond motifs is 1. The number of aromatic nitrogens is 4. The molecule has 0 aliphatic heterocycles. The van der Waals surface area contributed by atoms with Gasteiger partial charge in [0, 0.05) is 37.3 Å². The highest BCUT2D eigenvalue weighted by Crippen LogP contribution is 2.23. The number of nitrogens with one attached hydrogen (secondary N) is 1. The number of benzene rings is 1. The van der Waals surface area contributed by atoms with E-state index in [2.05, 4.69) is 45.5 Å². The topological polar surface area (TPSA) is 55.6 Å². The summed E-state index contributed by atoms with van der Waals surface area (Å²) in [6.07, 6.45) is 4.27. The molecule has 0 bridgehead atoms. The summed E-state index contributed by atoms with van der Waals surface area (Å²) in [4.78, 5) is 8.67. The zero-order valence-corrected chi connectivity index (χ0v) is 11.7. The largest absolute Gasteiger partial charge is 0.384 e. The molecule has 2 aromatic heterocycles. The highest BCUT2D eigenvalue weighted by Gasteiger charge is 2.04. The van der Waals surface area contributed by atoms with E-state index >= 15 is 0 Å². The predicted octanol–water partition coefficient (Wildman–Crippen LogP) is 2.33. The van der Waals surface area contributed by atoms with E-state index in [-0.39, 0.29) is 0 Å². The van der Waals surface area contributed by atoms with Crippen molar-refractivity contribution in [3.05, 3.63) is 48.2 Å². The average molecular weight is 267 g/mol. The van der Waals surface area contributed by atoms with Crippen molar-refractivity contribution in [2.24, 2.45) is 7.05 Å². The van der Waals surface area contributed by atoms with Gasteiger partial charge in [-0.15, -0.1) is 0 Å². The Morgan fingerprint density at radius 1 is 1.20 bits per heavy atom. The van der Waals surface area contributed by atoms with Crippen molar-refractivity contribution in [2.75, 3.05) is 11.9 Å². The Bertz CT molecular complexity index is 732. The molecular formula is C15H17N5. The monoisotopic (exact) mass is 267 g/mol. The maximum atomic E-state index is 4.45. The van der Waals surface area contributed by atoms with Crippen LogP contribution in [0, 0.1) is 6.92 Å². The molecule has 2 heterocycles. The van der Waals surface area contributed by atoms with Crippen LogP contribution in [0.5, 0.6) is 0 Å². The van der Waals surface area contributed by atoms with Gasteiger partial charge in [-0.1, -0.05) is 18.2 Å². The molecule has 0 aliphatic rings. The molecule has 1 N–H and O–H groups in total. The van der Waals surface area contributed by atoms with Crippen LogP contribution in [0.1, 0.15) is 11.4 Å². The Labute approximate surface area is 117 Å². The lowest BCUT2D eigenvalue weighted by Crippen LogP contribution is -2.09. The van der Waals surface area contributed by atoms with Gasteiger partial charge >= 0.3 is 0 Å². The second-order valence-corrected chi connectivity index (χ2v) is 4.81. The number of aryl methyl sites for hydroxylation is 2. The lowest BCUT2D eigenvalue weighted by atomic mass is 10.1. The van der Waals surface area contributed by atoms with E-state index in [9.17, 15) is 0 Å². The predicted molar refractivity (Wildman–Crippen MR) is 79.7 cm³/mol. The van der Waals surface area contributed by atoms with E-state index in [1.807, 2.05) is 19.3 Å². The van der Waals surface area contributed by atoms with Crippen molar-refractivity contribution in [3.63, 3.8) is 0 Å². The second kappa shape index (κ2) is 5.28. The summed E-state index contributed by atoms with van der Waals surface area (Å²) in [5, 5.41) is 8.69. The minimum Gasteiger partial charge on any atom is -0.384 e. The lowest BCUT2D eigenvalue weighted by molar-refractivity contribution is 0.701. The maximum absolute atomic E-state index is 4.45. The van der Waals surface area contributed by atoms with Gasteiger partial charge in [-0.05, 0) is 18.6 Å². The molecule has 0 radical (unpaired) electrons. The fourth-order valence-corrected chi connectivity index (χ4v) is 2.33. The van der Waals surface area contributed by atoms with Gasteiger partial charge in [-0.25, -0.2) is 4.98 Å². The first-order valence-corrected chi connectivity index (χ1v) is 6.67. The Kier molecular flexibility index (Phi) is 3.33. The molecule has 0 unspecified atom stereocenters. The summed E-state index contributed by atoms with van der Waals surface area (Å²) >= 11 is 0. The second-order valence-electron chi connectivity index (χ2n) is 4.81. The molecule has 0 spiro atoms. The number of pyridine rings is 1. The van der Waals surface area contributed by atoms with Gasteiger partial charge in [0.2, 0.25) is 0 Å². The van der Waals surface area contributed by atoms with Gasteiger partial charge in [-0.3, -0.25) is 9.67 Å². The van der Waals surface area contributed by atoms with Crippen molar-refractivity contribution in [1.82, 2.24) is 19.7 Å². The average Bonchev–Trinajstić information content (AvgIpc) is 2.86. The number of para-hydroxylation sites is 1. The minimum atomic E-state index is 0.819. The van der Waals surface area contributed by atoms with Crippen LogP contribution >= 0.6 is 0 Å². The van der Waals surface area contributed by atoms with Crippen molar-refractivity contribution in [1.29, 1.82) is 0 Å². The maximum Gasteiger partial charge on any atom is 0.138 e. The minimum absolute atomic E-state index is 0.819. The molecule has 0 amide bonds. The summed E-state index contributed by atoms with van der Waals surface area (Å²) in [6.45, 7) is 2.90. The molecule has 20 heavy (non-hydrogen) atoms. The van der Waals surface area contributed by atoms with E-state index in [1.165, 1.54) is 5.56 Å². The first-order chi connectivity index (χ1) is 9.75. The summed E-state index contributed by atoms with van der Waals surface area (Å²) < 4.78 is 1.80. The first-order valence-electron chi connectivity index (χ1n) is 6.67. The van der Waals surface area contributed by atoms with E-state index in [1.54, 1.807) is 11.0 Å². The highest BCUT2D eigenvalue weighted by atomic mass is 15.3. The van der Waals surface area contributed by atoms with Gasteiger partial charge in [0.1, 0.15) is 12.2 Å². The van der Waals surface area contributed by atoms with Crippen LogP contribution in [-0.4, -0.2) is 26.3 Å². The number of rotatable bonds is 4. The van der Waals surface area contributed by atoms with Crippen molar-refractivity contribution in [3.8, 4) is 0 Å². The van der Waals surface area contributed by atoms with Crippen molar-refractivity contribution in [2.45, 2.75) is 13.3 Å². The Hall–Kier alpha value is -2.43. The number of anilines is 1. The van der Waals surface area contributed by atoms with Crippen LogP contribution in [0.4, 0.5) is 5.69 Å². The molecule has 0 atom stereocenters.